The van der Waals surface area contributed by atoms with Crippen molar-refractivity contribution in [1.29, 1.82) is 5.26 Å². The van der Waals surface area contributed by atoms with Crippen molar-refractivity contribution in [3.8, 4) is 11.8 Å². The van der Waals surface area contributed by atoms with Crippen molar-refractivity contribution < 1.29 is 14.6 Å². The monoisotopic (exact) mass is 290 g/mol. The standard InChI is InChI=1S/C16H22N2O3/c1-12(2)8-14(19)11-18-16(20)10-13-4-3-5-15(9-13)21-7-6-17/h3-5,9,12,14,19H,7-8,10-11H2,1-2H3,(H,18,20). The van der Waals surface area contributed by atoms with Gasteiger partial charge >= 0.3 is 0 Å². The Morgan fingerprint density at radius 2 is 2.24 bits per heavy atom. The zero-order valence-corrected chi connectivity index (χ0v) is 12.5. The maximum Gasteiger partial charge on any atom is 0.224 e. The minimum absolute atomic E-state index is 0.0168. The lowest BCUT2D eigenvalue weighted by Gasteiger charge is -2.14. The number of nitrogens with one attached hydrogen (secondary N) is 1. The van der Waals surface area contributed by atoms with Crippen molar-refractivity contribution in [2.24, 2.45) is 5.92 Å². The first-order chi connectivity index (χ1) is 10.0. The number of carbonyl (C=O) groups is 1. The molecule has 0 saturated carbocycles. The van der Waals surface area contributed by atoms with Gasteiger partial charge in [-0.3, -0.25) is 4.79 Å². The number of amides is 1. The van der Waals surface area contributed by atoms with Gasteiger partial charge in [0.15, 0.2) is 6.61 Å². The lowest BCUT2D eigenvalue weighted by molar-refractivity contribution is -0.120. The Morgan fingerprint density at radius 1 is 1.48 bits per heavy atom. The van der Waals surface area contributed by atoms with E-state index in [1.54, 1.807) is 18.2 Å². The fourth-order valence-electron chi connectivity index (χ4n) is 1.97. The van der Waals surface area contributed by atoms with Crippen LogP contribution in [0.15, 0.2) is 24.3 Å². The van der Waals surface area contributed by atoms with Gasteiger partial charge in [0.2, 0.25) is 5.91 Å². The number of hydrogen-bond donors (Lipinski definition) is 2. The summed E-state index contributed by atoms with van der Waals surface area (Å²) < 4.78 is 5.19. The minimum atomic E-state index is -0.515. The van der Waals surface area contributed by atoms with Gasteiger partial charge in [0.25, 0.3) is 0 Å². The van der Waals surface area contributed by atoms with E-state index in [-0.39, 0.29) is 25.5 Å². The zero-order valence-electron chi connectivity index (χ0n) is 12.5. The van der Waals surface area contributed by atoms with Crippen LogP contribution in [0, 0.1) is 17.2 Å². The Bertz CT molecular complexity index is 495. The molecule has 0 radical (unpaired) electrons. The quantitative estimate of drug-likeness (QED) is 0.762. The molecule has 0 saturated heterocycles. The number of aliphatic hydroxyl groups is 1. The van der Waals surface area contributed by atoms with Crippen LogP contribution >= 0.6 is 0 Å². The van der Waals surface area contributed by atoms with E-state index in [0.717, 1.165) is 5.56 Å². The van der Waals surface area contributed by atoms with Crippen LogP contribution < -0.4 is 10.1 Å². The van der Waals surface area contributed by atoms with E-state index >= 15 is 0 Å². The van der Waals surface area contributed by atoms with Gasteiger partial charge < -0.3 is 15.2 Å². The summed E-state index contributed by atoms with van der Waals surface area (Å²) in [4.78, 5) is 11.8. The molecule has 5 heteroatoms. The van der Waals surface area contributed by atoms with E-state index in [1.165, 1.54) is 0 Å². The maximum atomic E-state index is 11.8. The van der Waals surface area contributed by atoms with Crippen LogP contribution in [0.5, 0.6) is 5.75 Å². The van der Waals surface area contributed by atoms with Crippen LogP contribution in [0.3, 0.4) is 0 Å². The van der Waals surface area contributed by atoms with Crippen molar-refractivity contribution >= 4 is 5.91 Å². The average molecular weight is 290 g/mol. The molecule has 2 N–H and O–H groups in total. The molecule has 1 aromatic rings. The highest BCUT2D eigenvalue weighted by atomic mass is 16.5. The summed E-state index contributed by atoms with van der Waals surface area (Å²) in [5.74, 6) is 0.822. The van der Waals surface area contributed by atoms with Gasteiger partial charge in [-0.2, -0.15) is 5.26 Å². The average Bonchev–Trinajstić information content (AvgIpc) is 2.42. The summed E-state index contributed by atoms with van der Waals surface area (Å²) in [6, 6.07) is 8.98. The molecule has 0 aromatic heterocycles. The molecule has 0 aliphatic heterocycles. The number of nitriles is 1. The minimum Gasteiger partial charge on any atom is -0.479 e. The second-order valence-electron chi connectivity index (χ2n) is 5.36. The summed E-state index contributed by atoms with van der Waals surface area (Å²) in [5, 5.41) is 20.9. The topological polar surface area (TPSA) is 82.3 Å². The first-order valence-electron chi connectivity index (χ1n) is 7.04. The molecular formula is C16H22N2O3. The second kappa shape index (κ2) is 8.98. The van der Waals surface area contributed by atoms with Crippen LogP contribution in [-0.2, 0) is 11.2 Å². The SMILES string of the molecule is CC(C)CC(O)CNC(=O)Cc1cccc(OCC#N)c1. The van der Waals surface area contributed by atoms with E-state index in [0.29, 0.717) is 18.1 Å². The predicted molar refractivity (Wildman–Crippen MR) is 79.7 cm³/mol. The van der Waals surface area contributed by atoms with Gasteiger partial charge in [-0.05, 0) is 30.0 Å². The second-order valence-corrected chi connectivity index (χ2v) is 5.36. The largest absolute Gasteiger partial charge is 0.479 e. The van der Waals surface area contributed by atoms with Crippen molar-refractivity contribution in [2.45, 2.75) is 32.8 Å². The van der Waals surface area contributed by atoms with Gasteiger partial charge in [-0.1, -0.05) is 26.0 Å². The summed E-state index contributed by atoms with van der Waals surface area (Å²) in [6.07, 6.45) is 0.370. The molecular weight excluding hydrogens is 268 g/mol. The van der Waals surface area contributed by atoms with Crippen molar-refractivity contribution in [1.82, 2.24) is 5.32 Å². The Balaban J connectivity index is 2.42. The predicted octanol–water partition coefficient (Wildman–Crippen LogP) is 1.65. The van der Waals surface area contributed by atoms with Crippen molar-refractivity contribution in [3.63, 3.8) is 0 Å². The molecule has 0 spiro atoms. The molecule has 21 heavy (non-hydrogen) atoms. The molecule has 0 aliphatic rings. The Labute approximate surface area is 125 Å². The third-order valence-corrected chi connectivity index (χ3v) is 2.84. The lowest BCUT2D eigenvalue weighted by Crippen LogP contribution is -2.33. The van der Waals surface area contributed by atoms with E-state index in [4.69, 9.17) is 10.00 Å². The molecule has 5 nitrogen and oxygen atoms in total. The van der Waals surface area contributed by atoms with Crippen LogP contribution in [0.2, 0.25) is 0 Å². The fraction of sp³-hybridized carbons (Fsp3) is 0.500. The molecule has 114 valence electrons. The van der Waals surface area contributed by atoms with Gasteiger partial charge in [0.05, 0.1) is 12.5 Å². The van der Waals surface area contributed by atoms with Crippen LogP contribution in [0.25, 0.3) is 0 Å². The number of nitrogens with zero attached hydrogens (tertiary/aromatic N) is 1. The Morgan fingerprint density at radius 3 is 2.90 bits per heavy atom. The molecule has 0 fully saturated rings. The van der Waals surface area contributed by atoms with Gasteiger partial charge in [0, 0.05) is 6.54 Å². The highest BCUT2D eigenvalue weighted by molar-refractivity contribution is 5.78. The van der Waals surface area contributed by atoms with Gasteiger partial charge in [-0.25, -0.2) is 0 Å². The molecule has 1 rings (SSSR count). The first kappa shape index (κ1) is 17.0. The third kappa shape index (κ3) is 7.33. The smallest absolute Gasteiger partial charge is 0.224 e. The normalized spacial score (nSPS) is 11.8. The molecule has 0 bridgehead atoms. The molecule has 1 atom stereocenters. The van der Waals surface area contributed by atoms with E-state index < -0.39 is 6.10 Å². The van der Waals surface area contributed by atoms with Crippen LogP contribution in [0.4, 0.5) is 0 Å². The highest BCUT2D eigenvalue weighted by Gasteiger charge is 2.09. The molecule has 0 aliphatic carbocycles. The highest BCUT2D eigenvalue weighted by Crippen LogP contribution is 2.13. The van der Waals surface area contributed by atoms with Crippen LogP contribution in [0.1, 0.15) is 25.8 Å². The number of hydrogen-bond acceptors (Lipinski definition) is 4. The number of aliphatic hydroxyl groups excluding tert-OH is 1. The van der Waals surface area contributed by atoms with E-state index in [1.807, 2.05) is 26.0 Å². The van der Waals surface area contributed by atoms with Crippen molar-refractivity contribution in [3.05, 3.63) is 29.8 Å². The third-order valence-electron chi connectivity index (χ3n) is 2.84. The number of carbonyl (C=O) groups excluding carboxylic acids is 1. The summed E-state index contributed by atoms with van der Waals surface area (Å²) in [6.45, 7) is 4.30. The summed E-state index contributed by atoms with van der Waals surface area (Å²) >= 11 is 0. The van der Waals surface area contributed by atoms with Gasteiger partial charge in [-0.15, -0.1) is 0 Å². The molecule has 0 heterocycles. The number of rotatable bonds is 8. The molecule has 1 unspecified atom stereocenters. The lowest BCUT2D eigenvalue weighted by atomic mass is 10.1. The zero-order chi connectivity index (χ0) is 15.7. The fourth-order valence-corrected chi connectivity index (χ4v) is 1.97. The Kier molecular flexibility index (Phi) is 7.27. The van der Waals surface area contributed by atoms with E-state index in [9.17, 15) is 9.90 Å². The maximum absolute atomic E-state index is 11.8. The van der Waals surface area contributed by atoms with Gasteiger partial charge in [0.1, 0.15) is 11.8 Å². The molecule has 1 aromatic carbocycles. The molecule has 1 amide bonds. The van der Waals surface area contributed by atoms with Crippen molar-refractivity contribution in [2.75, 3.05) is 13.2 Å². The summed E-state index contributed by atoms with van der Waals surface area (Å²) in [5.41, 5.74) is 0.807. The summed E-state index contributed by atoms with van der Waals surface area (Å²) in [7, 11) is 0. The van der Waals surface area contributed by atoms with E-state index in [2.05, 4.69) is 5.32 Å². The van der Waals surface area contributed by atoms with Crippen LogP contribution in [-0.4, -0.2) is 30.3 Å². The number of ether oxygens (including phenoxy) is 1. The first-order valence-corrected chi connectivity index (χ1v) is 7.04. The number of benzene rings is 1. The Hall–Kier alpha value is -2.06.